The molecule has 8 heteroatoms. The molecule has 1 atom stereocenters. The first kappa shape index (κ1) is 17.4. The summed E-state index contributed by atoms with van der Waals surface area (Å²) in [5.41, 5.74) is 5.40. The molecule has 1 unspecified atom stereocenters. The van der Waals surface area contributed by atoms with E-state index < -0.39 is 0 Å². The van der Waals surface area contributed by atoms with Gasteiger partial charge in [-0.05, 0) is 53.3 Å². The van der Waals surface area contributed by atoms with Gasteiger partial charge in [-0.25, -0.2) is 9.42 Å². The fraction of sp³-hybridized carbons (Fsp3) is 0.238. The zero-order valence-electron chi connectivity index (χ0n) is 15.7. The van der Waals surface area contributed by atoms with Crippen LogP contribution in [0.4, 0.5) is 10.5 Å². The third-order valence-electron chi connectivity index (χ3n) is 5.25. The fourth-order valence-corrected chi connectivity index (χ4v) is 3.85. The van der Waals surface area contributed by atoms with Crippen LogP contribution in [0.15, 0.2) is 59.4 Å². The third-order valence-corrected chi connectivity index (χ3v) is 5.25. The van der Waals surface area contributed by atoms with Crippen LogP contribution < -0.4 is 10.6 Å². The SMILES string of the molecule is O=C(Nc1ccc2nonc2c1)NC1CCCc2c1cnn2Cc1ccccc1. The predicted molar refractivity (Wildman–Crippen MR) is 107 cm³/mol. The zero-order valence-corrected chi connectivity index (χ0v) is 15.7. The Morgan fingerprint density at radius 2 is 2.00 bits per heavy atom. The average Bonchev–Trinajstić information content (AvgIpc) is 3.36. The Balaban J connectivity index is 1.29. The van der Waals surface area contributed by atoms with Crippen LogP contribution in [-0.2, 0) is 13.0 Å². The molecule has 1 aliphatic carbocycles. The molecule has 0 radical (unpaired) electrons. The molecule has 5 rings (SSSR count). The van der Waals surface area contributed by atoms with Crippen LogP contribution >= 0.6 is 0 Å². The third kappa shape index (κ3) is 3.56. The van der Waals surface area contributed by atoms with Crippen LogP contribution in [0.25, 0.3) is 11.0 Å². The average molecular weight is 388 g/mol. The minimum atomic E-state index is -0.255. The van der Waals surface area contributed by atoms with Crippen molar-refractivity contribution in [3.8, 4) is 0 Å². The van der Waals surface area contributed by atoms with Gasteiger partial charge < -0.3 is 10.6 Å². The molecule has 4 aromatic rings. The number of aromatic nitrogens is 4. The Morgan fingerprint density at radius 3 is 2.90 bits per heavy atom. The number of carbonyl (C=O) groups excluding carboxylic acids is 1. The lowest BCUT2D eigenvalue weighted by molar-refractivity contribution is 0.247. The Bertz CT molecular complexity index is 1150. The molecule has 2 aromatic heterocycles. The van der Waals surface area contributed by atoms with Crippen molar-refractivity contribution in [3.63, 3.8) is 0 Å². The van der Waals surface area contributed by atoms with Gasteiger partial charge in [0.25, 0.3) is 0 Å². The summed E-state index contributed by atoms with van der Waals surface area (Å²) in [5.74, 6) is 0. The summed E-state index contributed by atoms with van der Waals surface area (Å²) in [5, 5.41) is 18.1. The number of hydrogen-bond donors (Lipinski definition) is 2. The van der Waals surface area contributed by atoms with Gasteiger partial charge in [-0.15, -0.1) is 0 Å². The number of hydrogen-bond acceptors (Lipinski definition) is 5. The largest absolute Gasteiger partial charge is 0.331 e. The van der Waals surface area contributed by atoms with E-state index in [0.717, 1.165) is 31.4 Å². The Kier molecular flexibility index (Phi) is 4.44. The van der Waals surface area contributed by atoms with Crippen molar-refractivity contribution >= 4 is 22.8 Å². The first-order chi connectivity index (χ1) is 14.3. The molecule has 2 aromatic carbocycles. The number of nitrogens with zero attached hydrogens (tertiary/aromatic N) is 4. The standard InChI is InChI=1S/C21H20N6O2/c28-21(23-15-9-10-18-19(11-15)26-29-25-18)24-17-7-4-8-20-16(17)12-22-27(20)13-14-5-2-1-3-6-14/h1-3,5-6,9-12,17H,4,7-8,13H2,(H2,23,24,28). The van der Waals surface area contributed by atoms with Gasteiger partial charge in [0.1, 0.15) is 11.0 Å². The highest BCUT2D eigenvalue weighted by atomic mass is 16.6. The maximum Gasteiger partial charge on any atom is 0.319 e. The molecule has 0 aliphatic heterocycles. The first-order valence-electron chi connectivity index (χ1n) is 9.64. The van der Waals surface area contributed by atoms with Crippen LogP contribution in [0.2, 0.25) is 0 Å². The van der Waals surface area contributed by atoms with E-state index in [-0.39, 0.29) is 12.1 Å². The lowest BCUT2D eigenvalue weighted by Gasteiger charge is -2.24. The monoisotopic (exact) mass is 388 g/mol. The summed E-state index contributed by atoms with van der Waals surface area (Å²) in [6.07, 6.45) is 4.76. The molecule has 2 heterocycles. The summed E-state index contributed by atoms with van der Waals surface area (Å²) in [6.45, 7) is 0.737. The quantitative estimate of drug-likeness (QED) is 0.556. The molecule has 0 saturated carbocycles. The van der Waals surface area contributed by atoms with Crippen molar-refractivity contribution in [2.45, 2.75) is 31.8 Å². The second-order valence-electron chi connectivity index (χ2n) is 7.20. The number of urea groups is 1. The Hall–Kier alpha value is -3.68. The summed E-state index contributed by atoms with van der Waals surface area (Å²) in [4.78, 5) is 12.6. The van der Waals surface area contributed by atoms with Crippen LogP contribution in [0, 0.1) is 0 Å². The zero-order chi connectivity index (χ0) is 19.6. The number of benzene rings is 2. The van der Waals surface area contributed by atoms with E-state index in [1.54, 1.807) is 18.2 Å². The molecule has 0 saturated heterocycles. The van der Waals surface area contributed by atoms with Crippen molar-refractivity contribution in [2.24, 2.45) is 0 Å². The second-order valence-corrected chi connectivity index (χ2v) is 7.20. The molecule has 2 N–H and O–H groups in total. The second kappa shape index (κ2) is 7.38. The minimum Gasteiger partial charge on any atom is -0.331 e. The predicted octanol–water partition coefficient (Wildman–Crippen LogP) is 3.67. The van der Waals surface area contributed by atoms with Crippen LogP contribution in [0.5, 0.6) is 0 Å². The maximum atomic E-state index is 12.6. The van der Waals surface area contributed by atoms with Gasteiger partial charge in [-0.3, -0.25) is 4.68 Å². The van der Waals surface area contributed by atoms with Gasteiger partial charge in [0.05, 0.1) is 18.8 Å². The van der Waals surface area contributed by atoms with E-state index >= 15 is 0 Å². The molecular formula is C21H20N6O2. The lowest BCUT2D eigenvalue weighted by Crippen LogP contribution is -2.34. The molecule has 146 valence electrons. The molecule has 0 bridgehead atoms. The van der Waals surface area contributed by atoms with E-state index in [9.17, 15) is 4.79 Å². The van der Waals surface area contributed by atoms with Crippen LogP contribution in [0.1, 0.15) is 35.7 Å². The normalized spacial score (nSPS) is 15.8. The molecule has 0 fully saturated rings. The highest BCUT2D eigenvalue weighted by Gasteiger charge is 2.25. The van der Waals surface area contributed by atoms with Gasteiger partial charge in [0, 0.05) is 16.9 Å². The smallest absolute Gasteiger partial charge is 0.319 e. The molecule has 1 aliphatic rings. The molecule has 8 nitrogen and oxygen atoms in total. The van der Waals surface area contributed by atoms with E-state index in [1.165, 1.54) is 11.3 Å². The Labute approximate surface area is 166 Å². The number of amides is 2. The van der Waals surface area contributed by atoms with Gasteiger partial charge in [0.15, 0.2) is 0 Å². The number of rotatable bonds is 4. The fourth-order valence-electron chi connectivity index (χ4n) is 3.85. The minimum absolute atomic E-state index is 0.0549. The van der Waals surface area contributed by atoms with Crippen molar-refractivity contribution < 1.29 is 9.42 Å². The Morgan fingerprint density at radius 1 is 1.14 bits per heavy atom. The van der Waals surface area contributed by atoms with E-state index in [0.29, 0.717) is 16.7 Å². The van der Waals surface area contributed by atoms with Crippen LogP contribution in [0.3, 0.4) is 0 Å². The van der Waals surface area contributed by atoms with Crippen molar-refractivity contribution in [3.05, 3.63) is 71.5 Å². The molecule has 2 amide bonds. The maximum absolute atomic E-state index is 12.6. The van der Waals surface area contributed by atoms with Gasteiger partial charge in [-0.2, -0.15) is 5.10 Å². The van der Waals surface area contributed by atoms with Crippen molar-refractivity contribution in [2.75, 3.05) is 5.32 Å². The summed E-state index contributed by atoms with van der Waals surface area (Å²) < 4.78 is 6.74. The number of nitrogens with one attached hydrogen (secondary N) is 2. The van der Waals surface area contributed by atoms with Crippen LogP contribution in [-0.4, -0.2) is 26.1 Å². The highest BCUT2D eigenvalue weighted by Crippen LogP contribution is 2.30. The summed E-state index contributed by atoms with van der Waals surface area (Å²) in [7, 11) is 0. The summed E-state index contributed by atoms with van der Waals surface area (Å²) >= 11 is 0. The number of fused-ring (bicyclic) bond motifs is 2. The van der Waals surface area contributed by atoms with E-state index in [2.05, 4.69) is 38.2 Å². The lowest BCUT2D eigenvalue weighted by atomic mass is 9.93. The van der Waals surface area contributed by atoms with Crippen molar-refractivity contribution in [1.29, 1.82) is 0 Å². The first-order valence-corrected chi connectivity index (χ1v) is 9.64. The topological polar surface area (TPSA) is 97.9 Å². The number of carbonyl (C=O) groups is 1. The van der Waals surface area contributed by atoms with E-state index in [4.69, 9.17) is 4.63 Å². The van der Waals surface area contributed by atoms with Gasteiger partial charge in [0.2, 0.25) is 0 Å². The van der Waals surface area contributed by atoms with E-state index in [1.807, 2.05) is 29.1 Å². The molecular weight excluding hydrogens is 368 g/mol. The molecule has 29 heavy (non-hydrogen) atoms. The van der Waals surface area contributed by atoms with Gasteiger partial charge in [-0.1, -0.05) is 30.3 Å². The highest BCUT2D eigenvalue weighted by molar-refractivity contribution is 5.91. The number of anilines is 1. The van der Waals surface area contributed by atoms with Gasteiger partial charge >= 0.3 is 6.03 Å². The van der Waals surface area contributed by atoms with Crippen molar-refractivity contribution in [1.82, 2.24) is 25.4 Å². The molecule has 0 spiro atoms. The summed E-state index contributed by atoms with van der Waals surface area (Å²) in [6, 6.07) is 15.2.